The van der Waals surface area contributed by atoms with Crippen LogP contribution in [0.5, 0.6) is 0 Å². The summed E-state index contributed by atoms with van der Waals surface area (Å²) in [7, 11) is 0. The van der Waals surface area contributed by atoms with Crippen molar-refractivity contribution in [2.45, 2.75) is 57.7 Å². The molecule has 1 heterocycles. The van der Waals surface area contributed by atoms with Crippen LogP contribution in [0.2, 0.25) is 0 Å². The molecule has 0 aromatic carbocycles. The van der Waals surface area contributed by atoms with Crippen LogP contribution in [0.4, 0.5) is 0 Å². The van der Waals surface area contributed by atoms with Crippen LogP contribution in [-0.2, 0) is 4.74 Å². The van der Waals surface area contributed by atoms with Gasteiger partial charge in [-0.1, -0.05) is 6.92 Å². The van der Waals surface area contributed by atoms with Crippen LogP contribution < -0.4 is 5.32 Å². The lowest BCUT2D eigenvalue weighted by atomic mass is 10.1. The molecule has 0 spiro atoms. The third kappa shape index (κ3) is 3.95. The maximum absolute atomic E-state index is 9.04. The monoisotopic (exact) mass is 201 g/mol. The molecule has 0 radical (unpaired) electrons. The van der Waals surface area contributed by atoms with E-state index in [1.54, 1.807) is 0 Å². The predicted octanol–water partition coefficient (Wildman–Crippen LogP) is 1.30. The minimum atomic E-state index is 0.229. The normalized spacial score (nSPS) is 26.4. The zero-order valence-electron chi connectivity index (χ0n) is 9.33. The molecule has 14 heavy (non-hydrogen) atoms. The molecule has 1 rings (SSSR count). The van der Waals surface area contributed by atoms with Crippen LogP contribution in [0, 0.1) is 0 Å². The van der Waals surface area contributed by atoms with E-state index in [2.05, 4.69) is 19.2 Å². The number of aliphatic hydroxyl groups excluding tert-OH is 1. The van der Waals surface area contributed by atoms with Crippen molar-refractivity contribution in [1.29, 1.82) is 0 Å². The van der Waals surface area contributed by atoms with E-state index in [0.29, 0.717) is 12.1 Å². The molecule has 3 heteroatoms. The molecular weight excluding hydrogens is 178 g/mol. The highest BCUT2D eigenvalue weighted by molar-refractivity contribution is 4.75. The minimum Gasteiger partial charge on any atom is -0.395 e. The highest BCUT2D eigenvalue weighted by Crippen LogP contribution is 2.17. The van der Waals surface area contributed by atoms with Crippen molar-refractivity contribution in [2.75, 3.05) is 13.2 Å². The number of aliphatic hydroxyl groups is 1. The summed E-state index contributed by atoms with van der Waals surface area (Å²) >= 11 is 0. The molecule has 0 aromatic heterocycles. The third-order valence-corrected chi connectivity index (χ3v) is 2.87. The fourth-order valence-corrected chi connectivity index (χ4v) is 1.99. The van der Waals surface area contributed by atoms with Crippen molar-refractivity contribution in [3.05, 3.63) is 0 Å². The molecule has 0 amide bonds. The number of hydrogen-bond donors (Lipinski definition) is 2. The Labute approximate surface area is 86.8 Å². The molecule has 1 aliphatic heterocycles. The Morgan fingerprint density at radius 3 is 2.86 bits per heavy atom. The first-order chi connectivity index (χ1) is 6.76. The lowest BCUT2D eigenvalue weighted by Crippen LogP contribution is -2.40. The first kappa shape index (κ1) is 12.0. The van der Waals surface area contributed by atoms with Crippen LogP contribution in [0.1, 0.15) is 39.5 Å². The van der Waals surface area contributed by atoms with Gasteiger partial charge in [0.25, 0.3) is 0 Å². The van der Waals surface area contributed by atoms with E-state index in [9.17, 15) is 0 Å². The summed E-state index contributed by atoms with van der Waals surface area (Å²) in [5.74, 6) is 0. The lowest BCUT2D eigenvalue weighted by molar-refractivity contribution is 0.0931. The highest BCUT2D eigenvalue weighted by Gasteiger charge is 2.19. The minimum absolute atomic E-state index is 0.229. The molecule has 3 unspecified atom stereocenters. The van der Waals surface area contributed by atoms with E-state index < -0.39 is 0 Å². The second kappa shape index (κ2) is 6.38. The van der Waals surface area contributed by atoms with E-state index in [-0.39, 0.29) is 12.6 Å². The lowest BCUT2D eigenvalue weighted by Gasteiger charge is -2.22. The largest absolute Gasteiger partial charge is 0.395 e. The summed E-state index contributed by atoms with van der Waals surface area (Å²) in [4.78, 5) is 0. The second-order valence-corrected chi connectivity index (χ2v) is 4.23. The predicted molar refractivity (Wildman–Crippen MR) is 57.4 cm³/mol. The van der Waals surface area contributed by atoms with Gasteiger partial charge in [-0.05, 0) is 32.6 Å². The molecule has 1 aliphatic rings. The summed E-state index contributed by atoms with van der Waals surface area (Å²) in [6.07, 6.45) is 4.88. The first-order valence-corrected chi connectivity index (χ1v) is 5.74. The maximum Gasteiger partial charge on any atom is 0.0590 e. The van der Waals surface area contributed by atoms with Crippen LogP contribution in [0.25, 0.3) is 0 Å². The van der Waals surface area contributed by atoms with Crippen molar-refractivity contribution in [3.63, 3.8) is 0 Å². The second-order valence-electron chi connectivity index (χ2n) is 4.23. The first-order valence-electron chi connectivity index (χ1n) is 5.74. The van der Waals surface area contributed by atoms with Gasteiger partial charge >= 0.3 is 0 Å². The van der Waals surface area contributed by atoms with Crippen LogP contribution in [-0.4, -0.2) is 36.5 Å². The topological polar surface area (TPSA) is 41.5 Å². The Kier molecular flexibility index (Phi) is 5.45. The van der Waals surface area contributed by atoms with Gasteiger partial charge < -0.3 is 15.2 Å². The summed E-state index contributed by atoms with van der Waals surface area (Å²) in [6, 6.07) is 0.682. The van der Waals surface area contributed by atoms with Crippen molar-refractivity contribution >= 4 is 0 Å². The van der Waals surface area contributed by atoms with E-state index in [0.717, 1.165) is 19.4 Å². The molecule has 0 aliphatic carbocycles. The Morgan fingerprint density at radius 1 is 1.57 bits per heavy atom. The SMILES string of the molecule is CCC(CO)NC(C)CC1CCCO1. The Morgan fingerprint density at radius 2 is 2.36 bits per heavy atom. The van der Waals surface area contributed by atoms with Gasteiger partial charge in [0.05, 0.1) is 12.7 Å². The van der Waals surface area contributed by atoms with Gasteiger partial charge in [0.15, 0.2) is 0 Å². The smallest absolute Gasteiger partial charge is 0.0590 e. The van der Waals surface area contributed by atoms with Crippen molar-refractivity contribution < 1.29 is 9.84 Å². The van der Waals surface area contributed by atoms with E-state index >= 15 is 0 Å². The molecule has 84 valence electrons. The van der Waals surface area contributed by atoms with Gasteiger partial charge in [0.1, 0.15) is 0 Å². The molecule has 0 bridgehead atoms. The van der Waals surface area contributed by atoms with Gasteiger partial charge in [-0.2, -0.15) is 0 Å². The molecule has 2 N–H and O–H groups in total. The third-order valence-electron chi connectivity index (χ3n) is 2.87. The molecular formula is C11H23NO2. The molecule has 0 saturated carbocycles. The number of rotatable bonds is 6. The van der Waals surface area contributed by atoms with Gasteiger partial charge in [-0.15, -0.1) is 0 Å². The number of hydrogen-bond acceptors (Lipinski definition) is 3. The Hall–Kier alpha value is -0.120. The van der Waals surface area contributed by atoms with E-state index in [1.807, 2.05) is 0 Å². The quantitative estimate of drug-likeness (QED) is 0.680. The van der Waals surface area contributed by atoms with Gasteiger partial charge in [-0.3, -0.25) is 0 Å². The van der Waals surface area contributed by atoms with Crippen molar-refractivity contribution in [3.8, 4) is 0 Å². The molecule has 1 saturated heterocycles. The zero-order chi connectivity index (χ0) is 10.4. The van der Waals surface area contributed by atoms with Gasteiger partial charge in [0, 0.05) is 18.7 Å². The highest BCUT2D eigenvalue weighted by atomic mass is 16.5. The average Bonchev–Trinajstić information content (AvgIpc) is 2.66. The molecule has 3 nitrogen and oxygen atoms in total. The number of nitrogens with one attached hydrogen (secondary N) is 1. The maximum atomic E-state index is 9.04. The van der Waals surface area contributed by atoms with Crippen LogP contribution >= 0.6 is 0 Å². The van der Waals surface area contributed by atoms with E-state index in [1.165, 1.54) is 12.8 Å². The standard InChI is InChI=1S/C11H23NO2/c1-3-10(8-13)12-9(2)7-11-5-4-6-14-11/h9-13H,3-8H2,1-2H3. The molecule has 3 atom stereocenters. The van der Waals surface area contributed by atoms with Crippen LogP contribution in [0.3, 0.4) is 0 Å². The fraction of sp³-hybridized carbons (Fsp3) is 1.00. The van der Waals surface area contributed by atoms with Gasteiger partial charge in [-0.25, -0.2) is 0 Å². The van der Waals surface area contributed by atoms with Gasteiger partial charge in [0.2, 0.25) is 0 Å². The average molecular weight is 201 g/mol. The van der Waals surface area contributed by atoms with Crippen LogP contribution in [0.15, 0.2) is 0 Å². The summed E-state index contributed by atoms with van der Waals surface area (Å²) < 4.78 is 5.57. The Balaban J connectivity index is 2.16. The number of ether oxygens (including phenoxy) is 1. The fourth-order valence-electron chi connectivity index (χ4n) is 1.99. The summed E-state index contributed by atoms with van der Waals surface area (Å²) in [5, 5.41) is 12.5. The van der Waals surface area contributed by atoms with Crippen molar-refractivity contribution in [2.24, 2.45) is 0 Å². The molecule has 0 aromatic rings. The summed E-state index contributed by atoms with van der Waals surface area (Å²) in [5.41, 5.74) is 0. The van der Waals surface area contributed by atoms with Crippen molar-refractivity contribution in [1.82, 2.24) is 5.32 Å². The molecule has 1 fully saturated rings. The summed E-state index contributed by atoms with van der Waals surface area (Å²) in [6.45, 7) is 5.41. The van der Waals surface area contributed by atoms with E-state index in [4.69, 9.17) is 9.84 Å². The zero-order valence-corrected chi connectivity index (χ0v) is 9.33. The Bertz CT molecular complexity index is 138.